The zero-order valence-electron chi connectivity index (χ0n) is 9.16. The van der Waals surface area contributed by atoms with Crippen molar-refractivity contribution in [1.29, 1.82) is 0 Å². The molecule has 0 radical (unpaired) electrons. The van der Waals surface area contributed by atoms with E-state index in [1.807, 2.05) is 31.2 Å². The lowest BCUT2D eigenvalue weighted by Gasteiger charge is -2.23. The van der Waals surface area contributed by atoms with E-state index in [9.17, 15) is 0 Å². The Labute approximate surface area is 95.3 Å². The monoisotopic (exact) mass is 229 g/mol. The lowest BCUT2D eigenvalue weighted by molar-refractivity contribution is -0.109. The first-order chi connectivity index (χ1) is 7.17. The fraction of sp³-hybridized carbons (Fsp3) is 0.455. The summed E-state index contributed by atoms with van der Waals surface area (Å²) in [4.78, 5) is 0. The summed E-state index contributed by atoms with van der Waals surface area (Å²) in [7, 11) is 3.23. The summed E-state index contributed by atoms with van der Waals surface area (Å²) in [6, 6.07) is 7.59. The van der Waals surface area contributed by atoms with Gasteiger partial charge < -0.3 is 14.8 Å². The minimum Gasteiger partial charge on any atom is -0.377 e. The van der Waals surface area contributed by atoms with Gasteiger partial charge in [-0.15, -0.1) is 0 Å². The first kappa shape index (κ1) is 12.3. The Morgan fingerprint density at radius 3 is 2.47 bits per heavy atom. The number of nitrogens with one attached hydrogen (secondary N) is 1. The Morgan fingerprint density at radius 2 is 1.93 bits per heavy atom. The van der Waals surface area contributed by atoms with Crippen LogP contribution in [0.4, 0.5) is 5.69 Å². The zero-order chi connectivity index (χ0) is 11.3. The van der Waals surface area contributed by atoms with Crippen LogP contribution in [-0.4, -0.2) is 26.6 Å². The van der Waals surface area contributed by atoms with Gasteiger partial charge in [0.25, 0.3) is 0 Å². The lowest BCUT2D eigenvalue weighted by atomic mass is 10.2. The summed E-state index contributed by atoms with van der Waals surface area (Å²) in [5.74, 6) is 0. The number of ether oxygens (including phenoxy) is 2. The predicted molar refractivity (Wildman–Crippen MR) is 62.3 cm³/mol. The highest BCUT2D eigenvalue weighted by Gasteiger charge is 2.15. The standard InChI is InChI=1S/C11H16ClNO2/c1-8(11(14-2)15-3)13-10-6-4-5-9(12)7-10/h4-8,11,13H,1-3H3. The Hall–Kier alpha value is -0.770. The van der Waals surface area contributed by atoms with Crippen LogP contribution in [0.5, 0.6) is 0 Å². The summed E-state index contributed by atoms with van der Waals surface area (Å²) >= 11 is 5.87. The van der Waals surface area contributed by atoms with Gasteiger partial charge in [0, 0.05) is 24.9 Å². The van der Waals surface area contributed by atoms with E-state index in [1.165, 1.54) is 0 Å². The molecule has 84 valence electrons. The zero-order valence-corrected chi connectivity index (χ0v) is 9.91. The van der Waals surface area contributed by atoms with Gasteiger partial charge in [0.15, 0.2) is 6.29 Å². The van der Waals surface area contributed by atoms with E-state index in [4.69, 9.17) is 21.1 Å². The van der Waals surface area contributed by atoms with Crippen LogP contribution in [0.25, 0.3) is 0 Å². The maximum absolute atomic E-state index is 5.87. The molecule has 4 heteroatoms. The second kappa shape index (κ2) is 5.95. The molecule has 0 aliphatic heterocycles. The normalized spacial score (nSPS) is 12.9. The van der Waals surface area contributed by atoms with Crippen LogP contribution in [0.15, 0.2) is 24.3 Å². The molecule has 0 aliphatic rings. The number of anilines is 1. The third-order valence-corrected chi connectivity index (χ3v) is 2.33. The molecular weight excluding hydrogens is 214 g/mol. The number of hydrogen-bond donors (Lipinski definition) is 1. The van der Waals surface area contributed by atoms with Gasteiger partial charge in [0.05, 0.1) is 6.04 Å². The number of rotatable bonds is 5. The van der Waals surface area contributed by atoms with Crippen LogP contribution in [0, 0.1) is 0 Å². The Balaban J connectivity index is 2.61. The van der Waals surface area contributed by atoms with E-state index in [0.29, 0.717) is 5.02 Å². The minimum atomic E-state index is -0.274. The third kappa shape index (κ3) is 3.70. The summed E-state index contributed by atoms with van der Waals surface area (Å²) < 4.78 is 10.3. The third-order valence-electron chi connectivity index (χ3n) is 2.09. The molecule has 1 rings (SSSR count). The van der Waals surface area contributed by atoms with Crippen molar-refractivity contribution in [2.24, 2.45) is 0 Å². The molecule has 1 atom stereocenters. The summed E-state index contributed by atoms with van der Waals surface area (Å²) in [5, 5.41) is 3.96. The van der Waals surface area contributed by atoms with Gasteiger partial charge in [-0.1, -0.05) is 17.7 Å². The van der Waals surface area contributed by atoms with Crippen LogP contribution in [0.3, 0.4) is 0 Å². The Morgan fingerprint density at radius 1 is 1.27 bits per heavy atom. The van der Waals surface area contributed by atoms with E-state index < -0.39 is 0 Å². The summed E-state index contributed by atoms with van der Waals surface area (Å²) in [5.41, 5.74) is 0.953. The first-order valence-corrected chi connectivity index (χ1v) is 5.13. The predicted octanol–water partition coefficient (Wildman–Crippen LogP) is 2.76. The smallest absolute Gasteiger partial charge is 0.176 e. The van der Waals surface area contributed by atoms with E-state index in [0.717, 1.165) is 5.69 Å². The highest BCUT2D eigenvalue weighted by atomic mass is 35.5. The lowest BCUT2D eigenvalue weighted by Crippen LogP contribution is -2.33. The molecule has 0 saturated heterocycles. The molecule has 1 aromatic rings. The average Bonchev–Trinajstić information content (AvgIpc) is 2.19. The van der Waals surface area contributed by atoms with Gasteiger partial charge in [-0.25, -0.2) is 0 Å². The molecule has 0 fully saturated rings. The summed E-state index contributed by atoms with van der Waals surface area (Å²) in [6.07, 6.45) is -0.274. The maximum Gasteiger partial charge on any atom is 0.176 e. The quantitative estimate of drug-likeness (QED) is 0.788. The first-order valence-electron chi connectivity index (χ1n) is 4.75. The summed E-state index contributed by atoms with van der Waals surface area (Å²) in [6.45, 7) is 1.98. The number of halogens is 1. The van der Waals surface area contributed by atoms with Gasteiger partial charge in [0.1, 0.15) is 0 Å². The van der Waals surface area contributed by atoms with Gasteiger partial charge >= 0.3 is 0 Å². The fourth-order valence-electron chi connectivity index (χ4n) is 1.41. The van der Waals surface area contributed by atoms with Crippen LogP contribution in [0.2, 0.25) is 5.02 Å². The van der Waals surface area contributed by atoms with Gasteiger partial charge in [0.2, 0.25) is 0 Å². The van der Waals surface area contributed by atoms with E-state index in [2.05, 4.69) is 5.32 Å². The molecule has 1 N–H and O–H groups in total. The molecule has 0 spiro atoms. The molecule has 15 heavy (non-hydrogen) atoms. The molecule has 0 aliphatic carbocycles. The number of benzene rings is 1. The van der Waals surface area contributed by atoms with Crippen molar-refractivity contribution in [1.82, 2.24) is 0 Å². The minimum absolute atomic E-state index is 0.0541. The van der Waals surface area contributed by atoms with Crippen molar-refractivity contribution in [3.05, 3.63) is 29.3 Å². The van der Waals surface area contributed by atoms with Crippen molar-refractivity contribution in [2.45, 2.75) is 19.3 Å². The molecule has 0 amide bonds. The van der Waals surface area contributed by atoms with Crippen LogP contribution in [0.1, 0.15) is 6.92 Å². The van der Waals surface area contributed by atoms with E-state index >= 15 is 0 Å². The van der Waals surface area contributed by atoms with Gasteiger partial charge in [-0.3, -0.25) is 0 Å². The highest BCUT2D eigenvalue weighted by Crippen LogP contribution is 2.16. The van der Waals surface area contributed by atoms with Gasteiger partial charge in [-0.05, 0) is 25.1 Å². The molecule has 0 heterocycles. The second-order valence-corrected chi connectivity index (χ2v) is 3.72. The van der Waals surface area contributed by atoms with Crippen molar-refractivity contribution in [2.75, 3.05) is 19.5 Å². The number of hydrogen-bond acceptors (Lipinski definition) is 3. The van der Waals surface area contributed by atoms with Crippen molar-refractivity contribution in [3.63, 3.8) is 0 Å². The molecule has 0 bridgehead atoms. The van der Waals surface area contributed by atoms with Crippen LogP contribution in [-0.2, 0) is 9.47 Å². The van der Waals surface area contributed by atoms with Crippen molar-refractivity contribution in [3.8, 4) is 0 Å². The molecule has 1 aromatic carbocycles. The van der Waals surface area contributed by atoms with Crippen LogP contribution < -0.4 is 5.32 Å². The van der Waals surface area contributed by atoms with Crippen LogP contribution >= 0.6 is 11.6 Å². The molecule has 0 saturated carbocycles. The van der Waals surface area contributed by atoms with Gasteiger partial charge in [-0.2, -0.15) is 0 Å². The maximum atomic E-state index is 5.87. The van der Waals surface area contributed by atoms with E-state index in [1.54, 1.807) is 14.2 Å². The number of methoxy groups -OCH3 is 2. The molecular formula is C11H16ClNO2. The van der Waals surface area contributed by atoms with E-state index in [-0.39, 0.29) is 12.3 Å². The largest absolute Gasteiger partial charge is 0.377 e. The second-order valence-electron chi connectivity index (χ2n) is 3.28. The van der Waals surface area contributed by atoms with Crippen molar-refractivity contribution < 1.29 is 9.47 Å². The topological polar surface area (TPSA) is 30.5 Å². The molecule has 1 unspecified atom stereocenters. The highest BCUT2D eigenvalue weighted by molar-refractivity contribution is 6.30. The Kier molecular flexibility index (Phi) is 4.88. The average molecular weight is 230 g/mol. The molecule has 0 aromatic heterocycles. The van der Waals surface area contributed by atoms with Crippen molar-refractivity contribution >= 4 is 17.3 Å². The fourth-order valence-corrected chi connectivity index (χ4v) is 1.60. The molecule has 3 nitrogen and oxygen atoms in total. The Bertz CT molecular complexity index is 302. The SMILES string of the molecule is COC(OC)C(C)Nc1cccc(Cl)c1.